The Bertz CT molecular complexity index is 238. The minimum Gasteiger partial charge on any atom is -0.460 e. The van der Waals surface area contributed by atoms with E-state index in [0.29, 0.717) is 0 Å². The molecular formula is C11H19NO5. The second kappa shape index (κ2) is 19.6. The molecule has 0 fully saturated rings. The highest BCUT2D eigenvalue weighted by Gasteiger charge is 1.93. The Labute approximate surface area is 101 Å². The fourth-order valence-corrected chi connectivity index (χ4v) is 0.198. The van der Waals surface area contributed by atoms with Crippen molar-refractivity contribution in [3.8, 4) is 0 Å². The summed E-state index contributed by atoms with van der Waals surface area (Å²) in [5.41, 5.74) is 4.53. The topological polar surface area (TPSA) is 110 Å². The van der Waals surface area contributed by atoms with Crippen molar-refractivity contribution in [2.24, 2.45) is 5.73 Å². The molecule has 0 aliphatic rings. The molecule has 17 heavy (non-hydrogen) atoms. The van der Waals surface area contributed by atoms with E-state index in [9.17, 15) is 9.59 Å². The Kier molecular flexibility index (Phi) is 23.6. The molecule has 0 aliphatic heterocycles. The molecular weight excluding hydrogens is 226 g/mol. The summed E-state index contributed by atoms with van der Waals surface area (Å²) in [5, 5.41) is 15.8. The lowest BCUT2D eigenvalue weighted by Gasteiger charge is -1.94. The summed E-state index contributed by atoms with van der Waals surface area (Å²) in [5.74, 6) is -1.10. The van der Waals surface area contributed by atoms with E-state index in [-0.39, 0.29) is 13.2 Å². The molecule has 0 saturated heterocycles. The van der Waals surface area contributed by atoms with Gasteiger partial charge in [-0.25, -0.2) is 4.79 Å². The quantitative estimate of drug-likeness (QED) is 0.344. The third kappa shape index (κ3) is 41.0. The molecule has 0 unspecified atom stereocenters. The van der Waals surface area contributed by atoms with Crippen molar-refractivity contribution in [1.82, 2.24) is 0 Å². The van der Waals surface area contributed by atoms with Crippen LogP contribution in [0.2, 0.25) is 0 Å². The zero-order valence-corrected chi connectivity index (χ0v) is 9.67. The van der Waals surface area contributed by atoms with Gasteiger partial charge in [0.15, 0.2) is 0 Å². The van der Waals surface area contributed by atoms with Crippen molar-refractivity contribution in [3.05, 3.63) is 38.0 Å². The Morgan fingerprint density at radius 1 is 1.18 bits per heavy atom. The summed E-state index contributed by atoms with van der Waals surface area (Å²) < 4.78 is 4.33. The van der Waals surface area contributed by atoms with E-state index in [2.05, 4.69) is 30.2 Å². The maximum atomic E-state index is 10.1. The molecule has 0 rings (SSSR count). The Morgan fingerprint density at radius 3 is 1.76 bits per heavy atom. The molecule has 0 saturated carbocycles. The second-order valence-electron chi connectivity index (χ2n) is 2.21. The molecule has 98 valence electrons. The van der Waals surface area contributed by atoms with Crippen molar-refractivity contribution in [2.45, 2.75) is 0 Å². The monoisotopic (exact) mass is 245 g/mol. The van der Waals surface area contributed by atoms with E-state index in [0.717, 1.165) is 6.08 Å². The zero-order chi connectivity index (χ0) is 14.1. The summed E-state index contributed by atoms with van der Waals surface area (Å²) in [6.07, 6.45) is 3.92. The molecule has 1 amide bonds. The smallest absolute Gasteiger partial charge is 0.332 e. The van der Waals surface area contributed by atoms with Crippen molar-refractivity contribution >= 4 is 11.9 Å². The zero-order valence-electron chi connectivity index (χ0n) is 9.67. The fourth-order valence-electron chi connectivity index (χ4n) is 0.198. The minimum absolute atomic E-state index is 0.0833. The fraction of sp³-hybridized carbons (Fsp3) is 0.273. The second-order valence-corrected chi connectivity index (χ2v) is 2.21. The average molecular weight is 245 g/mol. The lowest BCUT2D eigenvalue weighted by molar-refractivity contribution is -0.145. The number of carbonyl (C=O) groups excluding carboxylic acids is 2. The van der Waals surface area contributed by atoms with Crippen LogP contribution in [0.1, 0.15) is 0 Å². The normalized spacial score (nSPS) is 7.18. The predicted octanol–water partition coefficient (Wildman–Crippen LogP) is -0.470. The van der Waals surface area contributed by atoms with Gasteiger partial charge in [-0.05, 0) is 6.08 Å². The van der Waals surface area contributed by atoms with Gasteiger partial charge in [-0.3, -0.25) is 4.79 Å². The van der Waals surface area contributed by atoms with Gasteiger partial charge in [-0.1, -0.05) is 25.3 Å². The number of aliphatic hydroxyl groups excluding tert-OH is 2. The van der Waals surface area contributed by atoms with E-state index in [1.807, 2.05) is 0 Å². The summed E-state index contributed by atoms with van der Waals surface area (Å²) in [7, 11) is 0. The third-order valence-corrected chi connectivity index (χ3v) is 0.822. The molecule has 6 nitrogen and oxygen atoms in total. The van der Waals surface area contributed by atoms with Crippen LogP contribution in [0.25, 0.3) is 0 Å². The highest BCUT2D eigenvalue weighted by Crippen LogP contribution is 1.74. The van der Waals surface area contributed by atoms with Crippen LogP contribution in [0.5, 0.6) is 0 Å². The van der Waals surface area contributed by atoms with Gasteiger partial charge in [-0.15, -0.1) is 6.58 Å². The molecule has 0 heterocycles. The first-order valence-corrected chi connectivity index (χ1v) is 4.51. The van der Waals surface area contributed by atoms with Crippen LogP contribution >= 0.6 is 0 Å². The van der Waals surface area contributed by atoms with E-state index in [4.69, 9.17) is 10.2 Å². The molecule has 0 bridgehead atoms. The summed E-state index contributed by atoms with van der Waals surface area (Å²) in [4.78, 5) is 19.5. The standard InChI is InChI=1S/C5H8O3.C3H5NO.C3H6O/c1-2-3-8-5(7)4-6;1-2-3(4)5;1-2-3-4/h2,6H,1,3-4H2;2H,1H2,(H2,4,5);2,4H,1,3H2. The SMILES string of the molecule is C=CC(N)=O.C=CCO.C=CCOC(=O)CO. The van der Waals surface area contributed by atoms with Crippen LogP contribution in [0.4, 0.5) is 0 Å². The lowest BCUT2D eigenvalue weighted by atomic mass is 10.6. The highest BCUT2D eigenvalue weighted by molar-refractivity contribution is 5.84. The maximum absolute atomic E-state index is 10.1. The van der Waals surface area contributed by atoms with E-state index in [1.54, 1.807) is 0 Å². The van der Waals surface area contributed by atoms with Gasteiger partial charge in [0, 0.05) is 0 Å². The molecule has 0 aliphatic carbocycles. The molecule has 0 atom stereocenters. The molecule has 4 N–H and O–H groups in total. The number of ether oxygens (including phenoxy) is 1. The first-order valence-electron chi connectivity index (χ1n) is 4.51. The number of primary amides is 1. The number of hydrogen-bond acceptors (Lipinski definition) is 5. The van der Waals surface area contributed by atoms with Gasteiger partial charge in [0.1, 0.15) is 13.2 Å². The average Bonchev–Trinajstić information content (AvgIpc) is 2.36. The third-order valence-electron chi connectivity index (χ3n) is 0.822. The Balaban J connectivity index is -0.000000188. The number of carbonyl (C=O) groups is 2. The molecule has 0 aromatic heterocycles. The van der Waals surface area contributed by atoms with Gasteiger partial charge in [0.25, 0.3) is 0 Å². The van der Waals surface area contributed by atoms with Crippen molar-refractivity contribution in [2.75, 3.05) is 19.8 Å². The van der Waals surface area contributed by atoms with Crippen molar-refractivity contribution in [3.63, 3.8) is 0 Å². The first-order chi connectivity index (χ1) is 7.99. The van der Waals surface area contributed by atoms with Gasteiger partial charge in [-0.2, -0.15) is 0 Å². The molecule has 0 aromatic carbocycles. The Morgan fingerprint density at radius 2 is 1.59 bits per heavy atom. The van der Waals surface area contributed by atoms with Gasteiger partial charge >= 0.3 is 5.97 Å². The van der Waals surface area contributed by atoms with Crippen LogP contribution in [-0.2, 0) is 14.3 Å². The minimum atomic E-state index is -0.620. The van der Waals surface area contributed by atoms with Crippen LogP contribution in [0.3, 0.4) is 0 Å². The van der Waals surface area contributed by atoms with Crippen LogP contribution in [0, 0.1) is 0 Å². The first kappa shape index (κ1) is 20.5. The molecule has 0 spiro atoms. The van der Waals surface area contributed by atoms with E-state index in [1.165, 1.54) is 12.2 Å². The maximum Gasteiger partial charge on any atom is 0.332 e. The predicted molar refractivity (Wildman–Crippen MR) is 64.9 cm³/mol. The van der Waals surface area contributed by atoms with Gasteiger partial charge < -0.3 is 20.7 Å². The molecule has 0 aromatic rings. The summed E-state index contributed by atoms with van der Waals surface area (Å²) in [6.45, 7) is 9.31. The van der Waals surface area contributed by atoms with Crippen molar-refractivity contribution in [1.29, 1.82) is 0 Å². The number of amides is 1. The molecule has 0 radical (unpaired) electrons. The largest absolute Gasteiger partial charge is 0.460 e. The molecule has 6 heteroatoms. The number of nitrogens with two attached hydrogens (primary N) is 1. The van der Waals surface area contributed by atoms with Gasteiger partial charge in [0.2, 0.25) is 5.91 Å². The van der Waals surface area contributed by atoms with Crippen LogP contribution in [0.15, 0.2) is 38.0 Å². The van der Waals surface area contributed by atoms with E-state index >= 15 is 0 Å². The lowest BCUT2D eigenvalue weighted by Crippen LogP contribution is -2.08. The van der Waals surface area contributed by atoms with Crippen LogP contribution < -0.4 is 5.73 Å². The summed E-state index contributed by atoms with van der Waals surface area (Å²) in [6, 6.07) is 0. The van der Waals surface area contributed by atoms with Crippen LogP contribution in [-0.4, -0.2) is 41.9 Å². The number of rotatable bonds is 5. The summed E-state index contributed by atoms with van der Waals surface area (Å²) >= 11 is 0. The van der Waals surface area contributed by atoms with Gasteiger partial charge in [0.05, 0.1) is 6.61 Å². The Hall–Kier alpha value is -1.92. The highest BCUT2D eigenvalue weighted by atomic mass is 16.5. The number of aliphatic hydroxyl groups is 2. The van der Waals surface area contributed by atoms with Crippen molar-refractivity contribution < 1.29 is 24.5 Å². The van der Waals surface area contributed by atoms with E-state index < -0.39 is 18.5 Å². The number of hydrogen-bond donors (Lipinski definition) is 3. The number of esters is 1.